The Morgan fingerprint density at radius 2 is 2.29 bits per heavy atom. The minimum atomic E-state index is -0.658. The predicted molar refractivity (Wildman–Crippen MR) is 59.8 cm³/mol. The van der Waals surface area contributed by atoms with Gasteiger partial charge in [0.05, 0.1) is 0 Å². The van der Waals surface area contributed by atoms with Crippen molar-refractivity contribution in [1.29, 1.82) is 0 Å². The highest BCUT2D eigenvalue weighted by Crippen LogP contribution is 2.15. The topological polar surface area (TPSA) is 81.1 Å². The molecule has 1 aromatic rings. The normalized spacial score (nSPS) is 12.1. The van der Waals surface area contributed by atoms with Crippen molar-refractivity contribution in [3.05, 3.63) is 28.7 Å². The van der Waals surface area contributed by atoms with Crippen LogP contribution in [-0.4, -0.2) is 18.5 Å². The van der Waals surface area contributed by atoms with Gasteiger partial charge in [0.1, 0.15) is 6.04 Å². The van der Waals surface area contributed by atoms with Crippen molar-refractivity contribution in [1.82, 2.24) is 0 Å². The maximum atomic E-state index is 10.6. The Hall–Kier alpha value is -1.07. The molecular weight excluding hydrogens is 246 g/mol. The maximum absolute atomic E-state index is 10.6. The van der Waals surface area contributed by atoms with Crippen molar-refractivity contribution in [2.24, 2.45) is 11.5 Å². The van der Waals surface area contributed by atoms with Crippen LogP contribution in [0.4, 0.5) is 5.69 Å². The standard InChI is InChI=1S/C9H12BrN3O/c10-6-2-1-3-7(4-6)13-5-8(11)9(12)14/h1-4,8,13H,5,11H2,(H2,12,14). The Morgan fingerprint density at radius 3 is 2.86 bits per heavy atom. The maximum Gasteiger partial charge on any atom is 0.236 e. The van der Waals surface area contributed by atoms with Gasteiger partial charge in [-0.2, -0.15) is 0 Å². The molecule has 1 unspecified atom stereocenters. The van der Waals surface area contributed by atoms with Gasteiger partial charge in [0.2, 0.25) is 5.91 Å². The molecule has 5 N–H and O–H groups in total. The molecule has 5 heteroatoms. The largest absolute Gasteiger partial charge is 0.383 e. The van der Waals surface area contributed by atoms with Gasteiger partial charge in [-0.15, -0.1) is 0 Å². The lowest BCUT2D eigenvalue weighted by molar-refractivity contribution is -0.118. The fourth-order valence-electron chi connectivity index (χ4n) is 0.927. The highest BCUT2D eigenvalue weighted by Gasteiger charge is 2.07. The second-order valence-electron chi connectivity index (χ2n) is 2.90. The lowest BCUT2D eigenvalue weighted by atomic mass is 10.2. The number of nitrogens with two attached hydrogens (primary N) is 2. The zero-order chi connectivity index (χ0) is 10.6. The van der Waals surface area contributed by atoms with Crippen molar-refractivity contribution in [3.63, 3.8) is 0 Å². The minimum Gasteiger partial charge on any atom is -0.383 e. The van der Waals surface area contributed by atoms with Crippen LogP contribution in [0, 0.1) is 0 Å². The summed E-state index contributed by atoms with van der Waals surface area (Å²) < 4.78 is 0.968. The van der Waals surface area contributed by atoms with E-state index in [9.17, 15) is 4.79 Å². The van der Waals surface area contributed by atoms with Crippen LogP contribution < -0.4 is 16.8 Å². The van der Waals surface area contributed by atoms with E-state index < -0.39 is 11.9 Å². The number of anilines is 1. The first-order chi connectivity index (χ1) is 6.59. The number of amides is 1. The van der Waals surface area contributed by atoms with Crippen LogP contribution in [0.5, 0.6) is 0 Å². The summed E-state index contributed by atoms with van der Waals surface area (Å²) in [4.78, 5) is 10.6. The van der Waals surface area contributed by atoms with Crippen LogP contribution in [0.25, 0.3) is 0 Å². The lowest BCUT2D eigenvalue weighted by Gasteiger charge is -2.10. The van der Waals surface area contributed by atoms with Crippen LogP contribution in [0.15, 0.2) is 28.7 Å². The van der Waals surface area contributed by atoms with E-state index in [0.717, 1.165) is 10.2 Å². The Labute approximate surface area is 90.8 Å². The molecular formula is C9H12BrN3O. The van der Waals surface area contributed by atoms with E-state index in [0.29, 0.717) is 6.54 Å². The van der Waals surface area contributed by atoms with Crippen molar-refractivity contribution >= 4 is 27.5 Å². The lowest BCUT2D eigenvalue weighted by Crippen LogP contribution is -2.41. The third-order valence-electron chi connectivity index (χ3n) is 1.72. The number of halogens is 1. The molecule has 1 rings (SSSR count). The van der Waals surface area contributed by atoms with E-state index in [1.807, 2.05) is 24.3 Å². The van der Waals surface area contributed by atoms with E-state index in [2.05, 4.69) is 21.2 Å². The molecule has 0 aliphatic rings. The van der Waals surface area contributed by atoms with Gasteiger partial charge in [-0.1, -0.05) is 22.0 Å². The molecule has 1 amide bonds. The van der Waals surface area contributed by atoms with Gasteiger partial charge in [-0.25, -0.2) is 0 Å². The SMILES string of the molecule is NC(=O)C(N)CNc1cccc(Br)c1. The van der Waals surface area contributed by atoms with E-state index in [4.69, 9.17) is 11.5 Å². The second-order valence-corrected chi connectivity index (χ2v) is 3.82. The Bertz CT molecular complexity index is 330. The smallest absolute Gasteiger partial charge is 0.236 e. The summed E-state index contributed by atoms with van der Waals surface area (Å²) in [5.41, 5.74) is 11.4. The average Bonchev–Trinajstić information content (AvgIpc) is 2.14. The van der Waals surface area contributed by atoms with E-state index in [1.54, 1.807) is 0 Å². The fraction of sp³-hybridized carbons (Fsp3) is 0.222. The van der Waals surface area contributed by atoms with Crippen molar-refractivity contribution in [2.75, 3.05) is 11.9 Å². The van der Waals surface area contributed by atoms with Gasteiger partial charge < -0.3 is 16.8 Å². The molecule has 0 bridgehead atoms. The highest BCUT2D eigenvalue weighted by molar-refractivity contribution is 9.10. The summed E-state index contributed by atoms with van der Waals surface area (Å²) in [6, 6.07) is 6.93. The summed E-state index contributed by atoms with van der Waals surface area (Å²) in [6.07, 6.45) is 0. The molecule has 0 radical (unpaired) electrons. The van der Waals surface area contributed by atoms with Crippen LogP contribution in [0.2, 0.25) is 0 Å². The summed E-state index contributed by atoms with van der Waals surface area (Å²) in [5, 5.41) is 3.01. The number of carbonyl (C=O) groups is 1. The predicted octanol–water partition coefficient (Wildman–Crippen LogP) is 0.674. The third-order valence-corrected chi connectivity index (χ3v) is 2.21. The molecule has 0 aliphatic carbocycles. The fourth-order valence-corrected chi connectivity index (χ4v) is 1.33. The molecule has 0 heterocycles. The highest BCUT2D eigenvalue weighted by atomic mass is 79.9. The zero-order valence-electron chi connectivity index (χ0n) is 7.53. The second kappa shape index (κ2) is 4.97. The number of benzene rings is 1. The van der Waals surface area contributed by atoms with Crippen molar-refractivity contribution < 1.29 is 4.79 Å². The van der Waals surface area contributed by atoms with Crippen molar-refractivity contribution in [3.8, 4) is 0 Å². The summed E-state index contributed by atoms with van der Waals surface area (Å²) in [6.45, 7) is 0.339. The van der Waals surface area contributed by atoms with E-state index in [-0.39, 0.29) is 0 Å². The Morgan fingerprint density at radius 1 is 1.57 bits per heavy atom. The summed E-state index contributed by atoms with van der Waals surface area (Å²) >= 11 is 3.34. The van der Waals surface area contributed by atoms with Gasteiger partial charge in [0.25, 0.3) is 0 Å². The number of carbonyl (C=O) groups excluding carboxylic acids is 1. The number of nitrogens with one attached hydrogen (secondary N) is 1. The summed E-state index contributed by atoms with van der Waals surface area (Å²) in [7, 11) is 0. The molecule has 0 fully saturated rings. The summed E-state index contributed by atoms with van der Waals surface area (Å²) in [5.74, 6) is -0.507. The molecule has 14 heavy (non-hydrogen) atoms. The number of hydrogen-bond donors (Lipinski definition) is 3. The van der Waals surface area contributed by atoms with Gasteiger partial charge >= 0.3 is 0 Å². The minimum absolute atomic E-state index is 0.339. The van der Waals surface area contributed by atoms with E-state index in [1.165, 1.54) is 0 Å². The first-order valence-electron chi connectivity index (χ1n) is 4.14. The number of rotatable bonds is 4. The van der Waals surface area contributed by atoms with Gasteiger partial charge in [0, 0.05) is 16.7 Å². The monoisotopic (exact) mass is 257 g/mol. The van der Waals surface area contributed by atoms with Gasteiger partial charge in [0.15, 0.2) is 0 Å². The Balaban J connectivity index is 2.49. The third kappa shape index (κ3) is 3.35. The first-order valence-corrected chi connectivity index (χ1v) is 4.93. The average molecular weight is 258 g/mol. The van der Waals surface area contributed by atoms with Crippen LogP contribution in [0.3, 0.4) is 0 Å². The quantitative estimate of drug-likeness (QED) is 0.742. The van der Waals surface area contributed by atoms with Gasteiger partial charge in [-0.3, -0.25) is 4.79 Å². The molecule has 0 saturated carbocycles. The first kappa shape index (κ1) is 11.0. The zero-order valence-corrected chi connectivity index (χ0v) is 9.12. The van der Waals surface area contributed by atoms with Crippen LogP contribution in [0.1, 0.15) is 0 Å². The Kier molecular flexibility index (Phi) is 3.91. The van der Waals surface area contributed by atoms with Crippen molar-refractivity contribution in [2.45, 2.75) is 6.04 Å². The van der Waals surface area contributed by atoms with E-state index >= 15 is 0 Å². The molecule has 1 atom stereocenters. The molecule has 1 aromatic carbocycles. The van der Waals surface area contributed by atoms with Crippen LogP contribution >= 0.6 is 15.9 Å². The van der Waals surface area contributed by atoms with Crippen LogP contribution in [-0.2, 0) is 4.79 Å². The molecule has 0 aliphatic heterocycles. The van der Waals surface area contributed by atoms with Gasteiger partial charge in [-0.05, 0) is 18.2 Å². The molecule has 0 spiro atoms. The number of hydrogen-bond acceptors (Lipinski definition) is 3. The molecule has 0 saturated heterocycles. The molecule has 76 valence electrons. The molecule has 0 aromatic heterocycles. The number of primary amides is 1. The molecule has 4 nitrogen and oxygen atoms in total.